The average molecular weight is 261 g/mol. The molecule has 0 unspecified atom stereocenters. The first-order valence-corrected chi connectivity index (χ1v) is 6.07. The lowest BCUT2D eigenvalue weighted by Crippen LogP contribution is -2.01. The van der Waals surface area contributed by atoms with E-state index in [1.54, 1.807) is 23.0 Å². The number of benzene rings is 1. The van der Waals surface area contributed by atoms with Crippen LogP contribution in [0, 0.1) is 10.1 Å². The van der Waals surface area contributed by atoms with Crippen LogP contribution >= 0.6 is 0 Å². The molecule has 0 atom stereocenters. The number of nitrogens with zero attached hydrogens (tertiary/aromatic N) is 3. The van der Waals surface area contributed by atoms with Crippen molar-refractivity contribution in [3.63, 3.8) is 0 Å². The molecule has 6 nitrogen and oxygen atoms in total. The molecule has 0 radical (unpaired) electrons. The monoisotopic (exact) mass is 261 g/mol. The molecule has 0 bridgehead atoms. The molecule has 0 aliphatic carbocycles. The number of ether oxygens (including phenoxy) is 1. The van der Waals surface area contributed by atoms with Gasteiger partial charge < -0.3 is 4.74 Å². The van der Waals surface area contributed by atoms with Gasteiger partial charge in [0, 0.05) is 25.1 Å². The Kier molecular flexibility index (Phi) is 4.12. The Hall–Kier alpha value is -2.37. The molecular formula is C13H15N3O3. The number of hydrogen-bond acceptors (Lipinski definition) is 4. The first-order chi connectivity index (χ1) is 9.19. The number of rotatable bonds is 6. The number of aromatic nitrogens is 2. The van der Waals surface area contributed by atoms with Gasteiger partial charge in [0.05, 0.1) is 23.9 Å². The Morgan fingerprint density at radius 1 is 1.37 bits per heavy atom. The summed E-state index contributed by atoms with van der Waals surface area (Å²) in [5.74, 6) is 0.740. The van der Waals surface area contributed by atoms with Crippen LogP contribution in [0.15, 0.2) is 36.7 Å². The number of aryl methyl sites for hydroxylation is 1. The molecule has 0 saturated carbocycles. The SMILES string of the molecule is CCn1cc(OCCc2ccc([N+](=O)[O-])cc2)cn1. The molecule has 100 valence electrons. The van der Waals surface area contributed by atoms with E-state index in [1.807, 2.05) is 13.1 Å². The van der Waals surface area contributed by atoms with Crippen molar-refractivity contribution in [2.24, 2.45) is 0 Å². The van der Waals surface area contributed by atoms with E-state index in [9.17, 15) is 10.1 Å². The van der Waals surface area contributed by atoms with Gasteiger partial charge in [-0.2, -0.15) is 5.10 Å². The lowest BCUT2D eigenvalue weighted by Gasteiger charge is -2.03. The zero-order valence-electron chi connectivity index (χ0n) is 10.7. The summed E-state index contributed by atoms with van der Waals surface area (Å²) >= 11 is 0. The molecule has 0 N–H and O–H groups in total. The molecule has 19 heavy (non-hydrogen) atoms. The van der Waals surface area contributed by atoms with Crippen molar-refractivity contribution in [1.82, 2.24) is 9.78 Å². The Morgan fingerprint density at radius 3 is 2.68 bits per heavy atom. The number of nitro benzene ring substituents is 1. The molecule has 0 saturated heterocycles. The van der Waals surface area contributed by atoms with Crippen LogP contribution < -0.4 is 4.74 Å². The fraction of sp³-hybridized carbons (Fsp3) is 0.308. The molecule has 0 spiro atoms. The van der Waals surface area contributed by atoms with Crippen molar-refractivity contribution in [1.29, 1.82) is 0 Å². The van der Waals surface area contributed by atoms with Crippen LogP contribution in [-0.2, 0) is 13.0 Å². The number of hydrogen-bond donors (Lipinski definition) is 0. The second kappa shape index (κ2) is 5.99. The largest absolute Gasteiger partial charge is 0.490 e. The van der Waals surface area contributed by atoms with E-state index in [1.165, 1.54) is 12.1 Å². The van der Waals surface area contributed by atoms with E-state index in [2.05, 4.69) is 5.10 Å². The molecule has 1 heterocycles. The van der Waals surface area contributed by atoms with Crippen molar-refractivity contribution in [3.8, 4) is 5.75 Å². The average Bonchev–Trinajstić information content (AvgIpc) is 2.87. The van der Waals surface area contributed by atoms with Gasteiger partial charge in [0.2, 0.25) is 0 Å². The first-order valence-electron chi connectivity index (χ1n) is 6.07. The predicted octanol–water partition coefficient (Wildman–Crippen LogP) is 2.43. The predicted molar refractivity (Wildman–Crippen MR) is 70.2 cm³/mol. The third-order valence-corrected chi connectivity index (χ3v) is 2.74. The van der Waals surface area contributed by atoms with Crippen LogP contribution in [0.25, 0.3) is 0 Å². The zero-order valence-corrected chi connectivity index (χ0v) is 10.7. The maximum Gasteiger partial charge on any atom is 0.269 e. The Bertz CT molecular complexity index is 549. The molecule has 0 amide bonds. The van der Waals surface area contributed by atoms with E-state index >= 15 is 0 Å². The van der Waals surface area contributed by atoms with Crippen LogP contribution in [0.3, 0.4) is 0 Å². The minimum Gasteiger partial charge on any atom is -0.490 e. The summed E-state index contributed by atoms with van der Waals surface area (Å²) in [4.78, 5) is 10.1. The van der Waals surface area contributed by atoms with Gasteiger partial charge in [-0.1, -0.05) is 12.1 Å². The fourth-order valence-electron chi connectivity index (χ4n) is 1.66. The van der Waals surface area contributed by atoms with Crippen LogP contribution in [0.4, 0.5) is 5.69 Å². The summed E-state index contributed by atoms with van der Waals surface area (Å²) in [5, 5.41) is 14.6. The van der Waals surface area contributed by atoms with Gasteiger partial charge in [-0.15, -0.1) is 0 Å². The fourth-order valence-corrected chi connectivity index (χ4v) is 1.66. The van der Waals surface area contributed by atoms with Crippen molar-refractivity contribution in [3.05, 3.63) is 52.3 Å². The Labute approximate surface area is 110 Å². The van der Waals surface area contributed by atoms with Crippen LogP contribution in [0.5, 0.6) is 5.75 Å². The topological polar surface area (TPSA) is 70.2 Å². The number of nitro groups is 1. The van der Waals surface area contributed by atoms with E-state index in [-0.39, 0.29) is 5.69 Å². The van der Waals surface area contributed by atoms with Gasteiger partial charge in [-0.25, -0.2) is 0 Å². The van der Waals surface area contributed by atoms with Gasteiger partial charge in [-0.3, -0.25) is 14.8 Å². The van der Waals surface area contributed by atoms with Crippen molar-refractivity contribution in [2.75, 3.05) is 6.61 Å². The molecule has 0 aliphatic rings. The van der Waals surface area contributed by atoms with E-state index in [0.29, 0.717) is 13.0 Å². The van der Waals surface area contributed by atoms with E-state index in [0.717, 1.165) is 17.9 Å². The highest BCUT2D eigenvalue weighted by atomic mass is 16.6. The molecule has 2 rings (SSSR count). The maximum absolute atomic E-state index is 10.5. The van der Waals surface area contributed by atoms with Crippen molar-refractivity contribution >= 4 is 5.69 Å². The van der Waals surface area contributed by atoms with Crippen LogP contribution in [0.2, 0.25) is 0 Å². The van der Waals surface area contributed by atoms with Gasteiger partial charge >= 0.3 is 0 Å². The molecule has 1 aromatic carbocycles. The first kappa shape index (κ1) is 13.1. The van der Waals surface area contributed by atoms with Gasteiger partial charge in [0.1, 0.15) is 0 Å². The highest BCUT2D eigenvalue weighted by molar-refractivity contribution is 5.32. The lowest BCUT2D eigenvalue weighted by atomic mass is 10.1. The summed E-state index contributed by atoms with van der Waals surface area (Å²) in [7, 11) is 0. The summed E-state index contributed by atoms with van der Waals surface area (Å²) in [5.41, 5.74) is 1.11. The quantitative estimate of drug-likeness (QED) is 0.591. The van der Waals surface area contributed by atoms with Crippen molar-refractivity contribution in [2.45, 2.75) is 19.9 Å². The van der Waals surface area contributed by atoms with Crippen LogP contribution in [0.1, 0.15) is 12.5 Å². The summed E-state index contributed by atoms with van der Waals surface area (Å²) in [6.45, 7) is 3.34. The maximum atomic E-state index is 10.5. The van der Waals surface area contributed by atoms with Gasteiger partial charge in [-0.05, 0) is 12.5 Å². The molecular weight excluding hydrogens is 246 g/mol. The highest BCUT2D eigenvalue weighted by Crippen LogP contribution is 2.13. The lowest BCUT2D eigenvalue weighted by molar-refractivity contribution is -0.384. The van der Waals surface area contributed by atoms with E-state index in [4.69, 9.17) is 4.74 Å². The third-order valence-electron chi connectivity index (χ3n) is 2.74. The van der Waals surface area contributed by atoms with Crippen LogP contribution in [-0.4, -0.2) is 21.3 Å². The molecule has 2 aromatic rings. The summed E-state index contributed by atoms with van der Waals surface area (Å²) in [6.07, 6.45) is 4.23. The summed E-state index contributed by atoms with van der Waals surface area (Å²) < 4.78 is 7.35. The van der Waals surface area contributed by atoms with Crippen molar-refractivity contribution < 1.29 is 9.66 Å². The van der Waals surface area contributed by atoms with E-state index < -0.39 is 4.92 Å². The highest BCUT2D eigenvalue weighted by Gasteiger charge is 2.04. The minimum atomic E-state index is -0.403. The van der Waals surface area contributed by atoms with Gasteiger partial charge in [0.25, 0.3) is 5.69 Å². The molecule has 1 aromatic heterocycles. The van der Waals surface area contributed by atoms with Gasteiger partial charge in [0.15, 0.2) is 5.75 Å². The molecule has 0 aliphatic heterocycles. The standard InChI is InChI=1S/C13H15N3O3/c1-2-15-10-13(9-14-15)19-8-7-11-3-5-12(6-4-11)16(17)18/h3-6,9-10H,2,7-8H2,1H3. The Balaban J connectivity index is 1.83. The normalized spacial score (nSPS) is 10.4. The summed E-state index contributed by atoms with van der Waals surface area (Å²) in [6, 6.07) is 6.50. The molecule has 6 heteroatoms. The zero-order chi connectivity index (χ0) is 13.7. The second-order valence-electron chi connectivity index (χ2n) is 4.05. The Morgan fingerprint density at radius 2 is 2.11 bits per heavy atom. The smallest absolute Gasteiger partial charge is 0.269 e. The molecule has 0 fully saturated rings. The minimum absolute atomic E-state index is 0.105. The third kappa shape index (κ3) is 3.54. The second-order valence-corrected chi connectivity index (χ2v) is 4.05. The number of non-ortho nitro benzene ring substituents is 1.